The molecule has 0 bridgehead atoms. The van der Waals surface area contributed by atoms with E-state index in [1.165, 1.54) is 76.4 Å². The number of rotatable bonds is 8. The minimum atomic E-state index is -0.211. The molecule has 4 aromatic rings. The number of methoxy groups -OCH3 is 4. The van der Waals surface area contributed by atoms with Gasteiger partial charge in [-0.2, -0.15) is 35.4 Å². The van der Waals surface area contributed by atoms with Gasteiger partial charge >= 0.3 is 26.2 Å². The summed E-state index contributed by atoms with van der Waals surface area (Å²) in [6.07, 6.45) is 4.97. The fraction of sp³-hybridized carbons (Fsp3) is 0.353. The Balaban J connectivity index is 0.000000518. The first kappa shape index (κ1) is 37.8. The van der Waals surface area contributed by atoms with Crippen LogP contribution >= 0.6 is 0 Å². The summed E-state index contributed by atoms with van der Waals surface area (Å²) in [5, 5.41) is 22.4. The number of ether oxygens (including phenoxy) is 4. The van der Waals surface area contributed by atoms with Gasteiger partial charge in [-0.3, -0.25) is 0 Å². The Bertz CT molecular complexity index is 1090. The normalized spacial score (nSPS) is 9.37. The first-order chi connectivity index (χ1) is 19.2. The molecule has 0 unspecified atom stereocenters. The summed E-state index contributed by atoms with van der Waals surface area (Å²) in [7, 11) is 5.82. The predicted octanol–water partition coefficient (Wildman–Crippen LogP) is 6.89. The molecule has 4 rings (SSSR count). The predicted molar refractivity (Wildman–Crippen MR) is 160 cm³/mol. The van der Waals surface area contributed by atoms with E-state index in [1.54, 1.807) is 36.4 Å². The van der Waals surface area contributed by atoms with Crippen molar-refractivity contribution in [3.8, 4) is 34.5 Å². The quantitative estimate of drug-likeness (QED) is 0.196. The van der Waals surface area contributed by atoms with Gasteiger partial charge in [0.2, 0.25) is 0 Å². The van der Waals surface area contributed by atoms with Gasteiger partial charge in [0.05, 0.1) is 28.4 Å². The van der Waals surface area contributed by atoms with Crippen LogP contribution < -0.4 is 29.2 Å². The maximum Gasteiger partial charge on any atom is 4.00 e. The third-order valence-electron chi connectivity index (χ3n) is 5.79. The van der Waals surface area contributed by atoms with Crippen molar-refractivity contribution in [2.45, 2.75) is 53.4 Å². The van der Waals surface area contributed by atoms with Gasteiger partial charge in [-0.1, -0.05) is 65.5 Å². The Labute approximate surface area is 265 Å². The van der Waals surface area contributed by atoms with Crippen LogP contribution in [0.4, 0.5) is 0 Å². The molecule has 0 saturated carbocycles. The van der Waals surface area contributed by atoms with E-state index in [4.69, 9.17) is 18.9 Å². The fourth-order valence-electron chi connectivity index (χ4n) is 3.78. The topological polar surface area (TPSA) is 83.0 Å². The van der Waals surface area contributed by atoms with Crippen molar-refractivity contribution < 1.29 is 55.4 Å². The number of hydrogen-bond acceptors (Lipinski definition) is 6. The molecule has 0 heterocycles. The smallest absolute Gasteiger partial charge is 0.867 e. The van der Waals surface area contributed by atoms with E-state index in [-0.39, 0.29) is 37.7 Å². The second-order valence-electron chi connectivity index (χ2n) is 9.08. The van der Waals surface area contributed by atoms with E-state index in [0.717, 1.165) is 0 Å². The van der Waals surface area contributed by atoms with Gasteiger partial charge in [0, 0.05) is 0 Å². The molecule has 0 fully saturated rings. The summed E-state index contributed by atoms with van der Waals surface area (Å²) in [6.45, 7) is 8.70. The Hall–Kier alpha value is -3.18. The van der Waals surface area contributed by atoms with Crippen molar-refractivity contribution in [3.05, 3.63) is 95.1 Å². The van der Waals surface area contributed by atoms with Crippen LogP contribution in [0.25, 0.3) is 0 Å². The molecule has 4 aromatic carbocycles. The van der Waals surface area contributed by atoms with Gasteiger partial charge in [-0.15, -0.1) is 0 Å². The summed E-state index contributed by atoms with van der Waals surface area (Å²) in [6, 6.07) is 23.1. The molecule has 0 N–H and O–H groups in total. The Morgan fingerprint density at radius 1 is 0.561 bits per heavy atom. The van der Waals surface area contributed by atoms with Crippen molar-refractivity contribution in [3.63, 3.8) is 0 Å². The summed E-state index contributed by atoms with van der Waals surface area (Å²) in [5.41, 5.74) is 5.74. The zero-order chi connectivity index (χ0) is 29.9. The van der Waals surface area contributed by atoms with Gasteiger partial charge in [0.1, 0.15) is 23.0 Å². The van der Waals surface area contributed by atoms with Gasteiger partial charge in [-0.25, -0.2) is 23.3 Å². The molecule has 0 aliphatic heterocycles. The zero-order valence-corrected chi connectivity index (χ0v) is 28.2. The SMILES string of the molecule is CCC[c-]1ccc(C)c1.CCC[c-]1ccc(C)c1.COc1cccc(OC)c1[O-].COc1cccc(OC)c1[O-].[Zr+4]. The van der Waals surface area contributed by atoms with E-state index in [9.17, 15) is 10.2 Å². The summed E-state index contributed by atoms with van der Waals surface area (Å²) in [5.74, 6) is 0.817. The molecule has 0 aliphatic rings. The van der Waals surface area contributed by atoms with Gasteiger partial charge in [0.25, 0.3) is 0 Å². The van der Waals surface area contributed by atoms with Crippen LogP contribution in [-0.4, -0.2) is 28.4 Å². The summed E-state index contributed by atoms with van der Waals surface area (Å²) < 4.78 is 19.2. The first-order valence-corrected chi connectivity index (χ1v) is 13.4. The standard InChI is InChI=1S/2C9H13.2C8H10O3.Zr/c2*1-3-4-9-6-5-8(2)7-9;2*1-10-6-4-3-5-7(11-2)8(6)9;/h2*5-7H,3-4H2,1-2H3;2*3-5,9H,1-2H3;/q2*-1;;;+4/p-2. The molecule has 220 valence electrons. The molecule has 0 amide bonds. The minimum Gasteiger partial charge on any atom is -0.867 e. The van der Waals surface area contributed by atoms with Crippen molar-refractivity contribution in [2.24, 2.45) is 0 Å². The molecule has 41 heavy (non-hydrogen) atoms. The zero-order valence-electron chi connectivity index (χ0n) is 25.7. The average Bonchev–Trinajstić information content (AvgIpc) is 3.57. The van der Waals surface area contributed by atoms with E-state index in [0.29, 0.717) is 23.0 Å². The van der Waals surface area contributed by atoms with Gasteiger partial charge in [-0.05, 0) is 35.8 Å². The van der Waals surface area contributed by atoms with Crippen LogP contribution in [0.15, 0.2) is 72.8 Å². The average molecular weight is 640 g/mol. The van der Waals surface area contributed by atoms with Crippen LogP contribution in [0.2, 0.25) is 0 Å². The van der Waals surface area contributed by atoms with Crippen LogP contribution in [-0.2, 0) is 39.0 Å². The molecule has 0 radical (unpaired) electrons. The molecule has 0 aliphatic carbocycles. The van der Waals surface area contributed by atoms with Gasteiger partial charge in [0.15, 0.2) is 0 Å². The fourth-order valence-corrected chi connectivity index (χ4v) is 3.78. The van der Waals surface area contributed by atoms with E-state index in [1.807, 2.05) is 0 Å². The Kier molecular flexibility index (Phi) is 19.9. The largest absolute Gasteiger partial charge is 4.00 e. The maximum atomic E-state index is 11.2. The van der Waals surface area contributed by atoms with Gasteiger partial charge < -0.3 is 29.2 Å². The second-order valence-corrected chi connectivity index (χ2v) is 9.08. The summed E-state index contributed by atoms with van der Waals surface area (Å²) in [4.78, 5) is 0. The third-order valence-corrected chi connectivity index (χ3v) is 5.79. The minimum absolute atomic E-state index is 0. The third kappa shape index (κ3) is 13.8. The Morgan fingerprint density at radius 2 is 0.854 bits per heavy atom. The number of benzene rings is 2. The number of aryl methyl sites for hydroxylation is 4. The van der Waals surface area contributed by atoms with E-state index >= 15 is 0 Å². The molecule has 7 heteroatoms. The molecule has 0 saturated heterocycles. The van der Waals surface area contributed by atoms with Crippen LogP contribution in [0.5, 0.6) is 34.5 Å². The van der Waals surface area contributed by atoms with Crippen molar-refractivity contribution in [1.29, 1.82) is 0 Å². The molecule has 0 atom stereocenters. The van der Waals surface area contributed by atoms with Crippen molar-refractivity contribution >= 4 is 0 Å². The summed E-state index contributed by atoms with van der Waals surface area (Å²) >= 11 is 0. The van der Waals surface area contributed by atoms with Crippen LogP contribution in [0, 0.1) is 13.8 Å². The molecule has 6 nitrogen and oxygen atoms in total. The first-order valence-electron chi connectivity index (χ1n) is 13.4. The van der Waals surface area contributed by atoms with Crippen molar-refractivity contribution in [1.82, 2.24) is 0 Å². The monoisotopic (exact) mass is 638 g/mol. The second kappa shape index (κ2) is 21.6. The maximum absolute atomic E-state index is 11.2. The van der Waals surface area contributed by atoms with E-state index in [2.05, 4.69) is 64.1 Å². The van der Waals surface area contributed by atoms with Crippen molar-refractivity contribution in [2.75, 3.05) is 28.4 Å². The molecular weight excluding hydrogens is 596 g/mol. The van der Waals surface area contributed by atoms with E-state index < -0.39 is 0 Å². The molecule has 0 aromatic heterocycles. The molecular formula is C34H44O6Zr. The number of para-hydroxylation sites is 2. The Morgan fingerprint density at radius 3 is 1.05 bits per heavy atom. The van der Waals surface area contributed by atoms with Crippen LogP contribution in [0.3, 0.4) is 0 Å². The molecule has 0 spiro atoms. The van der Waals surface area contributed by atoms with Crippen LogP contribution in [0.1, 0.15) is 48.9 Å². The number of hydrogen-bond donors (Lipinski definition) is 0.